The largest absolute Gasteiger partial charge is 0.376 e. The Morgan fingerprint density at radius 3 is 2.35 bits per heavy atom. The molecule has 0 bridgehead atoms. The number of nitrogens with zero attached hydrogens (tertiary/aromatic N) is 1. The molecule has 0 aromatic heterocycles. The van der Waals surface area contributed by atoms with Gasteiger partial charge in [0.2, 0.25) is 5.91 Å². The fourth-order valence-corrected chi connectivity index (χ4v) is 3.50. The third-order valence-electron chi connectivity index (χ3n) is 4.72. The van der Waals surface area contributed by atoms with Crippen molar-refractivity contribution < 1.29 is 9.53 Å². The van der Waals surface area contributed by atoms with Gasteiger partial charge in [-0.2, -0.15) is 0 Å². The molecule has 3 heteroatoms. The highest BCUT2D eigenvalue weighted by atomic mass is 16.5. The van der Waals surface area contributed by atoms with Crippen molar-refractivity contribution >= 4 is 5.91 Å². The van der Waals surface area contributed by atoms with Crippen molar-refractivity contribution in [3.8, 4) is 0 Å². The predicted octanol–water partition coefficient (Wildman–Crippen LogP) is 3.72. The SMILES string of the molecule is CCN(CC)C(=O)C[C@H](C(C)C)[C@H]1CCOC(C)(C)C1. The highest BCUT2D eigenvalue weighted by Crippen LogP contribution is 2.38. The molecule has 0 N–H and O–H groups in total. The Hall–Kier alpha value is -0.570. The Kier molecular flexibility index (Phi) is 6.50. The van der Waals surface area contributed by atoms with Gasteiger partial charge in [0, 0.05) is 26.1 Å². The number of hydrogen-bond acceptors (Lipinski definition) is 2. The monoisotopic (exact) mass is 283 g/mol. The summed E-state index contributed by atoms with van der Waals surface area (Å²) in [5.74, 6) is 1.95. The molecule has 0 aromatic carbocycles. The molecule has 0 radical (unpaired) electrons. The lowest BCUT2D eigenvalue weighted by Gasteiger charge is -2.41. The van der Waals surface area contributed by atoms with Gasteiger partial charge < -0.3 is 9.64 Å². The van der Waals surface area contributed by atoms with Gasteiger partial charge in [0.25, 0.3) is 0 Å². The van der Waals surface area contributed by atoms with Crippen molar-refractivity contribution in [3.63, 3.8) is 0 Å². The van der Waals surface area contributed by atoms with E-state index in [1.807, 2.05) is 4.90 Å². The number of rotatable bonds is 6. The maximum absolute atomic E-state index is 12.4. The first-order valence-electron chi connectivity index (χ1n) is 8.22. The molecule has 0 unspecified atom stereocenters. The van der Waals surface area contributed by atoms with E-state index in [2.05, 4.69) is 41.5 Å². The first-order valence-corrected chi connectivity index (χ1v) is 8.22. The highest BCUT2D eigenvalue weighted by molar-refractivity contribution is 5.76. The zero-order valence-electron chi connectivity index (χ0n) is 14.2. The van der Waals surface area contributed by atoms with Crippen LogP contribution in [0.2, 0.25) is 0 Å². The Balaban J connectivity index is 2.71. The van der Waals surface area contributed by atoms with Gasteiger partial charge in [-0.25, -0.2) is 0 Å². The molecule has 118 valence electrons. The number of carbonyl (C=O) groups is 1. The van der Waals surface area contributed by atoms with E-state index in [0.29, 0.717) is 30.1 Å². The standard InChI is InChI=1S/C17H33NO2/c1-7-18(8-2)16(19)11-15(13(3)4)14-9-10-20-17(5,6)12-14/h13-15H,7-12H2,1-6H3/t14-,15+/m0/s1. The maximum Gasteiger partial charge on any atom is 0.222 e. The van der Waals surface area contributed by atoms with Gasteiger partial charge in [0.15, 0.2) is 0 Å². The van der Waals surface area contributed by atoms with Crippen LogP contribution in [-0.2, 0) is 9.53 Å². The highest BCUT2D eigenvalue weighted by Gasteiger charge is 2.35. The predicted molar refractivity (Wildman–Crippen MR) is 83.6 cm³/mol. The molecule has 1 amide bonds. The molecule has 0 spiro atoms. The summed E-state index contributed by atoms with van der Waals surface area (Å²) in [7, 11) is 0. The summed E-state index contributed by atoms with van der Waals surface area (Å²) in [6.45, 7) is 15.4. The third-order valence-corrected chi connectivity index (χ3v) is 4.72. The quantitative estimate of drug-likeness (QED) is 0.743. The van der Waals surface area contributed by atoms with E-state index in [0.717, 1.165) is 32.5 Å². The number of carbonyl (C=O) groups excluding carboxylic acids is 1. The Morgan fingerprint density at radius 2 is 1.90 bits per heavy atom. The van der Waals surface area contributed by atoms with E-state index in [1.165, 1.54) is 0 Å². The van der Waals surface area contributed by atoms with Gasteiger partial charge in [0.05, 0.1) is 5.60 Å². The van der Waals surface area contributed by atoms with Crippen LogP contribution in [-0.4, -0.2) is 36.1 Å². The van der Waals surface area contributed by atoms with Gasteiger partial charge in [-0.3, -0.25) is 4.79 Å². The molecule has 1 fully saturated rings. The molecular weight excluding hydrogens is 250 g/mol. The molecule has 0 aliphatic carbocycles. The minimum Gasteiger partial charge on any atom is -0.376 e. The van der Waals surface area contributed by atoms with Gasteiger partial charge in [-0.1, -0.05) is 13.8 Å². The minimum absolute atomic E-state index is 0.0334. The maximum atomic E-state index is 12.4. The average Bonchev–Trinajstić information content (AvgIpc) is 2.35. The molecule has 0 aromatic rings. The van der Waals surface area contributed by atoms with Crippen molar-refractivity contribution in [3.05, 3.63) is 0 Å². The zero-order chi connectivity index (χ0) is 15.3. The van der Waals surface area contributed by atoms with Crippen LogP contribution < -0.4 is 0 Å². The van der Waals surface area contributed by atoms with Crippen LogP contribution >= 0.6 is 0 Å². The summed E-state index contributed by atoms with van der Waals surface area (Å²) in [6.07, 6.45) is 2.86. The van der Waals surface area contributed by atoms with Gasteiger partial charge in [-0.15, -0.1) is 0 Å². The lowest BCUT2D eigenvalue weighted by molar-refractivity contribution is -0.134. The lowest BCUT2D eigenvalue weighted by Crippen LogP contribution is -2.40. The second kappa shape index (κ2) is 7.44. The van der Waals surface area contributed by atoms with Crippen molar-refractivity contribution in [1.82, 2.24) is 4.90 Å². The van der Waals surface area contributed by atoms with Gasteiger partial charge in [0.1, 0.15) is 0 Å². The molecule has 20 heavy (non-hydrogen) atoms. The van der Waals surface area contributed by atoms with Gasteiger partial charge >= 0.3 is 0 Å². The number of hydrogen-bond donors (Lipinski definition) is 0. The number of ether oxygens (including phenoxy) is 1. The smallest absolute Gasteiger partial charge is 0.222 e. The Bertz CT molecular complexity index is 308. The van der Waals surface area contributed by atoms with E-state index in [-0.39, 0.29) is 5.60 Å². The third kappa shape index (κ3) is 4.76. The molecule has 1 heterocycles. The van der Waals surface area contributed by atoms with Crippen molar-refractivity contribution in [2.75, 3.05) is 19.7 Å². The zero-order valence-corrected chi connectivity index (χ0v) is 14.2. The molecule has 1 aliphatic rings. The van der Waals surface area contributed by atoms with E-state index >= 15 is 0 Å². The van der Waals surface area contributed by atoms with E-state index in [9.17, 15) is 4.79 Å². The van der Waals surface area contributed by atoms with Crippen molar-refractivity contribution in [2.24, 2.45) is 17.8 Å². The average molecular weight is 283 g/mol. The fourth-order valence-electron chi connectivity index (χ4n) is 3.50. The molecular formula is C17H33NO2. The summed E-state index contributed by atoms with van der Waals surface area (Å²) in [5.41, 5.74) is -0.0334. The Labute approximate surface area is 125 Å². The molecule has 3 nitrogen and oxygen atoms in total. The molecule has 0 saturated carbocycles. The van der Waals surface area contributed by atoms with E-state index in [4.69, 9.17) is 4.74 Å². The number of amides is 1. The van der Waals surface area contributed by atoms with Crippen LogP contribution in [0.25, 0.3) is 0 Å². The minimum atomic E-state index is -0.0334. The van der Waals surface area contributed by atoms with Crippen LogP contribution in [0.4, 0.5) is 0 Å². The lowest BCUT2D eigenvalue weighted by atomic mass is 9.73. The second-order valence-electron chi connectivity index (χ2n) is 7.04. The fraction of sp³-hybridized carbons (Fsp3) is 0.941. The molecule has 2 atom stereocenters. The Morgan fingerprint density at radius 1 is 1.30 bits per heavy atom. The van der Waals surface area contributed by atoms with Crippen molar-refractivity contribution in [1.29, 1.82) is 0 Å². The summed E-state index contributed by atoms with van der Waals surface area (Å²) >= 11 is 0. The van der Waals surface area contributed by atoms with Crippen molar-refractivity contribution in [2.45, 2.75) is 66.4 Å². The van der Waals surface area contributed by atoms with E-state index in [1.54, 1.807) is 0 Å². The summed E-state index contributed by atoms with van der Waals surface area (Å²) in [4.78, 5) is 14.4. The van der Waals surface area contributed by atoms with Crippen LogP contribution in [0.1, 0.15) is 60.8 Å². The normalized spacial score (nSPS) is 23.6. The first-order chi connectivity index (χ1) is 9.30. The second-order valence-corrected chi connectivity index (χ2v) is 7.04. The molecule has 1 saturated heterocycles. The van der Waals surface area contributed by atoms with E-state index < -0.39 is 0 Å². The van der Waals surface area contributed by atoms with Gasteiger partial charge in [-0.05, 0) is 58.3 Å². The summed E-state index contributed by atoms with van der Waals surface area (Å²) in [5, 5.41) is 0. The van der Waals surface area contributed by atoms with Crippen LogP contribution in [0.5, 0.6) is 0 Å². The van der Waals surface area contributed by atoms with Crippen LogP contribution in [0, 0.1) is 17.8 Å². The summed E-state index contributed by atoms with van der Waals surface area (Å²) < 4.78 is 5.82. The molecule has 1 aliphatic heterocycles. The van der Waals surface area contributed by atoms with Crippen LogP contribution in [0.3, 0.4) is 0 Å². The topological polar surface area (TPSA) is 29.5 Å². The summed E-state index contributed by atoms with van der Waals surface area (Å²) in [6, 6.07) is 0. The molecule has 1 rings (SSSR count). The van der Waals surface area contributed by atoms with Crippen LogP contribution in [0.15, 0.2) is 0 Å². The first kappa shape index (κ1) is 17.5.